The Bertz CT molecular complexity index is 750. The van der Waals surface area contributed by atoms with E-state index in [1.807, 2.05) is 0 Å². The van der Waals surface area contributed by atoms with Gasteiger partial charge < -0.3 is 9.64 Å². The van der Waals surface area contributed by atoms with Gasteiger partial charge in [-0.2, -0.15) is 0 Å². The normalized spacial score (nSPS) is 19.0. The molecular weight excluding hydrogens is 344 g/mol. The molecule has 1 aliphatic rings. The summed E-state index contributed by atoms with van der Waals surface area (Å²) >= 11 is 0. The first-order chi connectivity index (χ1) is 11.2. The monoisotopic (exact) mass is 361 g/mol. The van der Waals surface area contributed by atoms with E-state index in [2.05, 4.69) is 0 Å². The molecule has 1 atom stereocenters. The second kappa shape index (κ2) is 7.25. The number of esters is 1. The van der Waals surface area contributed by atoms with Crippen molar-refractivity contribution < 1.29 is 31.5 Å². The third kappa shape index (κ3) is 4.28. The maximum absolute atomic E-state index is 13.1. The van der Waals surface area contributed by atoms with Crippen LogP contribution in [0.25, 0.3) is 0 Å². The van der Waals surface area contributed by atoms with E-state index in [1.165, 1.54) is 4.90 Å². The average Bonchev–Trinajstić information content (AvgIpc) is 2.88. The molecule has 24 heavy (non-hydrogen) atoms. The third-order valence-corrected chi connectivity index (χ3v) is 5.54. The number of rotatable bonds is 5. The van der Waals surface area contributed by atoms with Crippen molar-refractivity contribution >= 4 is 21.7 Å². The lowest BCUT2D eigenvalue weighted by molar-refractivity contribution is -0.136. The Morgan fingerprint density at radius 3 is 2.54 bits per heavy atom. The molecule has 1 aliphatic heterocycles. The number of ether oxygens (including phenoxy) is 1. The Labute approximate surface area is 138 Å². The van der Waals surface area contributed by atoms with Crippen molar-refractivity contribution in [2.45, 2.75) is 19.4 Å². The third-order valence-electron chi connectivity index (χ3n) is 3.79. The minimum atomic E-state index is -3.15. The SMILES string of the molecule is CCN(C(=O)COC(=O)c1ccc(F)c(F)c1)C1CCS(=O)(=O)C1. The second-order valence-corrected chi connectivity index (χ2v) is 7.67. The van der Waals surface area contributed by atoms with Crippen molar-refractivity contribution in [3.8, 4) is 0 Å². The zero-order chi connectivity index (χ0) is 17.9. The summed E-state index contributed by atoms with van der Waals surface area (Å²) in [5.74, 6) is -3.86. The number of likely N-dealkylation sites (N-methyl/N-ethyl adjacent to an activating group) is 1. The molecule has 0 saturated carbocycles. The largest absolute Gasteiger partial charge is 0.452 e. The van der Waals surface area contributed by atoms with Gasteiger partial charge in [0.2, 0.25) is 0 Å². The van der Waals surface area contributed by atoms with Gasteiger partial charge in [-0.3, -0.25) is 4.79 Å². The van der Waals surface area contributed by atoms with Crippen LogP contribution in [-0.2, 0) is 19.4 Å². The summed E-state index contributed by atoms with van der Waals surface area (Å²) in [5, 5.41) is 0. The first-order valence-electron chi connectivity index (χ1n) is 7.35. The van der Waals surface area contributed by atoms with E-state index in [9.17, 15) is 26.8 Å². The van der Waals surface area contributed by atoms with Gasteiger partial charge in [-0.25, -0.2) is 22.0 Å². The molecule has 0 bridgehead atoms. The maximum Gasteiger partial charge on any atom is 0.338 e. The standard InChI is InChI=1S/C15H17F2NO5S/c1-2-18(11-5-6-24(21,22)9-11)14(19)8-23-15(20)10-3-4-12(16)13(17)7-10/h3-4,7,11H,2,5-6,8-9H2,1H3. The minimum Gasteiger partial charge on any atom is -0.452 e. The van der Waals surface area contributed by atoms with Crippen LogP contribution in [0.2, 0.25) is 0 Å². The van der Waals surface area contributed by atoms with E-state index < -0.39 is 46.0 Å². The molecule has 1 aromatic rings. The molecule has 0 spiro atoms. The highest BCUT2D eigenvalue weighted by Crippen LogP contribution is 2.18. The summed E-state index contributed by atoms with van der Waals surface area (Å²) in [7, 11) is -3.15. The topological polar surface area (TPSA) is 80.8 Å². The van der Waals surface area contributed by atoms with E-state index in [-0.39, 0.29) is 23.6 Å². The molecule has 0 N–H and O–H groups in total. The number of benzene rings is 1. The lowest BCUT2D eigenvalue weighted by atomic mass is 10.2. The first-order valence-corrected chi connectivity index (χ1v) is 9.17. The molecule has 6 nitrogen and oxygen atoms in total. The average molecular weight is 361 g/mol. The predicted octanol–water partition coefficient (Wildman–Crippen LogP) is 1.16. The van der Waals surface area contributed by atoms with Gasteiger partial charge in [0.05, 0.1) is 17.1 Å². The van der Waals surface area contributed by atoms with Gasteiger partial charge in [-0.15, -0.1) is 0 Å². The lowest BCUT2D eigenvalue weighted by Crippen LogP contribution is -2.43. The summed E-state index contributed by atoms with van der Waals surface area (Å²) < 4.78 is 53.7. The Kier molecular flexibility index (Phi) is 5.53. The number of carbonyl (C=O) groups excluding carboxylic acids is 2. The predicted molar refractivity (Wildman–Crippen MR) is 81.1 cm³/mol. The second-order valence-electron chi connectivity index (χ2n) is 5.44. The molecule has 0 radical (unpaired) electrons. The van der Waals surface area contributed by atoms with Crippen LogP contribution in [0.15, 0.2) is 18.2 Å². The van der Waals surface area contributed by atoms with Crippen molar-refractivity contribution in [1.29, 1.82) is 0 Å². The van der Waals surface area contributed by atoms with Crippen molar-refractivity contribution in [3.05, 3.63) is 35.4 Å². The number of carbonyl (C=O) groups is 2. The summed E-state index contributed by atoms with van der Waals surface area (Å²) in [4.78, 5) is 25.3. The Morgan fingerprint density at radius 1 is 1.29 bits per heavy atom. The first kappa shape index (κ1) is 18.3. The molecule has 1 unspecified atom stereocenters. The molecular formula is C15H17F2NO5S. The smallest absolute Gasteiger partial charge is 0.338 e. The zero-order valence-electron chi connectivity index (χ0n) is 13.0. The van der Waals surface area contributed by atoms with Gasteiger partial charge in [-0.05, 0) is 31.5 Å². The maximum atomic E-state index is 13.1. The van der Waals surface area contributed by atoms with Gasteiger partial charge in [0.25, 0.3) is 5.91 Å². The van der Waals surface area contributed by atoms with E-state index in [1.54, 1.807) is 6.92 Å². The summed E-state index contributed by atoms with van der Waals surface area (Å²) in [5.41, 5.74) is -0.215. The lowest BCUT2D eigenvalue weighted by Gasteiger charge is -2.26. The molecule has 9 heteroatoms. The van der Waals surface area contributed by atoms with Crippen molar-refractivity contribution in [3.63, 3.8) is 0 Å². The van der Waals surface area contributed by atoms with Crippen molar-refractivity contribution in [2.75, 3.05) is 24.7 Å². The van der Waals surface area contributed by atoms with Crippen LogP contribution in [0.5, 0.6) is 0 Å². The number of nitrogens with zero attached hydrogens (tertiary/aromatic N) is 1. The van der Waals surface area contributed by atoms with Gasteiger partial charge in [-0.1, -0.05) is 0 Å². The Balaban J connectivity index is 1.95. The number of sulfone groups is 1. The summed E-state index contributed by atoms with van der Waals surface area (Å²) in [6.07, 6.45) is 0.346. The highest BCUT2D eigenvalue weighted by Gasteiger charge is 2.34. The van der Waals surface area contributed by atoms with E-state index in [0.29, 0.717) is 12.5 Å². The van der Waals surface area contributed by atoms with Crippen LogP contribution >= 0.6 is 0 Å². The van der Waals surface area contributed by atoms with Crippen LogP contribution in [0.1, 0.15) is 23.7 Å². The number of hydrogen-bond acceptors (Lipinski definition) is 5. The number of halogens is 2. The van der Waals surface area contributed by atoms with Gasteiger partial charge in [0.1, 0.15) is 0 Å². The molecule has 2 rings (SSSR count). The molecule has 0 aromatic heterocycles. The van der Waals surface area contributed by atoms with Crippen LogP contribution in [0.3, 0.4) is 0 Å². The van der Waals surface area contributed by atoms with Crippen LogP contribution in [-0.4, -0.2) is 55.9 Å². The summed E-state index contributed by atoms with van der Waals surface area (Å²) in [6.45, 7) is 1.38. The minimum absolute atomic E-state index is 0.0239. The van der Waals surface area contributed by atoms with Crippen LogP contribution in [0.4, 0.5) is 8.78 Å². The molecule has 1 heterocycles. The van der Waals surface area contributed by atoms with Crippen LogP contribution < -0.4 is 0 Å². The fourth-order valence-electron chi connectivity index (χ4n) is 2.58. The molecule has 1 amide bonds. The van der Waals surface area contributed by atoms with Gasteiger partial charge in [0.15, 0.2) is 28.1 Å². The fraction of sp³-hybridized carbons (Fsp3) is 0.467. The van der Waals surface area contributed by atoms with E-state index >= 15 is 0 Å². The Morgan fingerprint density at radius 2 is 2.00 bits per heavy atom. The highest BCUT2D eigenvalue weighted by molar-refractivity contribution is 7.91. The highest BCUT2D eigenvalue weighted by atomic mass is 32.2. The number of amides is 1. The van der Waals surface area contributed by atoms with E-state index in [4.69, 9.17) is 4.74 Å². The Hall–Kier alpha value is -2.03. The van der Waals surface area contributed by atoms with E-state index in [0.717, 1.165) is 12.1 Å². The molecule has 1 aromatic carbocycles. The molecule has 132 valence electrons. The van der Waals surface area contributed by atoms with Gasteiger partial charge >= 0.3 is 5.97 Å². The molecule has 0 aliphatic carbocycles. The molecule has 1 saturated heterocycles. The fourth-order valence-corrected chi connectivity index (χ4v) is 4.31. The molecule has 1 fully saturated rings. The zero-order valence-corrected chi connectivity index (χ0v) is 13.8. The van der Waals surface area contributed by atoms with Crippen LogP contribution in [0, 0.1) is 11.6 Å². The van der Waals surface area contributed by atoms with Crippen molar-refractivity contribution in [2.24, 2.45) is 0 Å². The van der Waals surface area contributed by atoms with Gasteiger partial charge in [0, 0.05) is 12.6 Å². The van der Waals surface area contributed by atoms with Crippen molar-refractivity contribution in [1.82, 2.24) is 4.90 Å². The quantitative estimate of drug-likeness (QED) is 0.735. The summed E-state index contributed by atoms with van der Waals surface area (Å²) in [6, 6.07) is 2.08. The number of hydrogen-bond donors (Lipinski definition) is 0.